The monoisotopic (exact) mass is 331 g/mol. The zero-order valence-corrected chi connectivity index (χ0v) is 12.2. The highest BCUT2D eigenvalue weighted by atomic mass is 79.9. The van der Waals surface area contributed by atoms with E-state index in [9.17, 15) is 13.6 Å². The molecule has 0 spiro atoms. The van der Waals surface area contributed by atoms with E-state index in [1.54, 1.807) is 20.8 Å². The zero-order chi connectivity index (χ0) is 14.4. The number of hydrogen-bond donors (Lipinski definition) is 0. The number of halogens is 3. The van der Waals surface area contributed by atoms with Gasteiger partial charge in [0.15, 0.2) is 11.6 Å². The molecule has 0 saturated carbocycles. The van der Waals surface area contributed by atoms with E-state index in [2.05, 4.69) is 15.9 Å². The van der Waals surface area contributed by atoms with Crippen molar-refractivity contribution in [2.75, 3.05) is 0 Å². The third-order valence-electron chi connectivity index (χ3n) is 2.39. The Hall–Kier alpha value is -1.43. The molecule has 3 nitrogen and oxygen atoms in total. The maximum absolute atomic E-state index is 13.3. The molecule has 0 radical (unpaired) electrons. The Kier molecular flexibility index (Phi) is 3.38. The summed E-state index contributed by atoms with van der Waals surface area (Å²) in [5, 5.41) is 0.407. The van der Waals surface area contributed by atoms with Crippen LogP contribution < -0.4 is 0 Å². The maximum Gasteiger partial charge on any atom is 0.419 e. The van der Waals surface area contributed by atoms with E-state index in [1.807, 2.05) is 0 Å². The third-order valence-corrected chi connectivity index (χ3v) is 3.02. The van der Waals surface area contributed by atoms with Gasteiger partial charge >= 0.3 is 6.09 Å². The molecule has 2 rings (SSSR count). The molecule has 0 unspecified atom stereocenters. The van der Waals surface area contributed by atoms with Gasteiger partial charge in [0.1, 0.15) is 5.60 Å². The SMILES string of the molecule is CC(C)(C)OC(=O)n1cc(Br)c2cc(F)c(F)cc21. The van der Waals surface area contributed by atoms with Crippen LogP contribution in [0.15, 0.2) is 22.8 Å². The summed E-state index contributed by atoms with van der Waals surface area (Å²) in [7, 11) is 0. The number of rotatable bonds is 0. The minimum atomic E-state index is -1.01. The smallest absolute Gasteiger partial charge is 0.419 e. The summed E-state index contributed by atoms with van der Waals surface area (Å²) >= 11 is 3.21. The Morgan fingerprint density at radius 3 is 2.42 bits per heavy atom. The van der Waals surface area contributed by atoms with Crippen molar-refractivity contribution >= 4 is 32.9 Å². The van der Waals surface area contributed by atoms with Crippen LogP contribution in [0.25, 0.3) is 10.9 Å². The molecule has 0 atom stereocenters. The minimum absolute atomic E-state index is 0.250. The summed E-state index contributed by atoms with van der Waals surface area (Å²) in [5.74, 6) is -1.97. The van der Waals surface area contributed by atoms with Crippen molar-refractivity contribution in [3.05, 3.63) is 34.4 Å². The van der Waals surface area contributed by atoms with Crippen LogP contribution in [0.1, 0.15) is 20.8 Å². The van der Waals surface area contributed by atoms with Crippen molar-refractivity contribution in [1.29, 1.82) is 0 Å². The topological polar surface area (TPSA) is 31.2 Å². The van der Waals surface area contributed by atoms with Gasteiger partial charge in [0.2, 0.25) is 0 Å². The maximum atomic E-state index is 13.3. The van der Waals surface area contributed by atoms with Crippen molar-refractivity contribution < 1.29 is 18.3 Å². The first-order valence-electron chi connectivity index (χ1n) is 5.58. The van der Waals surface area contributed by atoms with E-state index in [0.717, 1.165) is 16.7 Å². The highest BCUT2D eigenvalue weighted by Crippen LogP contribution is 2.29. The van der Waals surface area contributed by atoms with Gasteiger partial charge in [-0.3, -0.25) is 4.57 Å². The first-order valence-corrected chi connectivity index (χ1v) is 6.37. The van der Waals surface area contributed by atoms with Crippen molar-refractivity contribution in [2.45, 2.75) is 26.4 Å². The number of carbonyl (C=O) groups excluding carboxylic acids is 1. The van der Waals surface area contributed by atoms with Gasteiger partial charge in [-0.2, -0.15) is 0 Å². The molecule has 102 valence electrons. The second-order valence-electron chi connectivity index (χ2n) is 5.11. The summed E-state index contributed by atoms with van der Waals surface area (Å²) in [5.41, 5.74) is -0.418. The Morgan fingerprint density at radius 1 is 1.26 bits per heavy atom. The molecular weight excluding hydrogens is 320 g/mol. The predicted octanol–water partition coefficient (Wildman–Crippen LogP) is 4.47. The van der Waals surface area contributed by atoms with Gasteiger partial charge in [0.05, 0.1) is 5.52 Å². The van der Waals surface area contributed by atoms with Crippen LogP contribution in [0.5, 0.6) is 0 Å². The standard InChI is InChI=1S/C13H12BrF2NO2/c1-13(2,3)19-12(18)17-6-8(14)7-4-9(15)10(16)5-11(7)17/h4-6H,1-3H3. The lowest BCUT2D eigenvalue weighted by Gasteiger charge is -2.19. The molecule has 1 heterocycles. The quantitative estimate of drug-likeness (QED) is 0.713. The largest absolute Gasteiger partial charge is 0.443 e. The van der Waals surface area contributed by atoms with Crippen LogP contribution in [-0.2, 0) is 4.74 Å². The van der Waals surface area contributed by atoms with Gasteiger partial charge < -0.3 is 4.74 Å². The second kappa shape index (κ2) is 4.59. The van der Waals surface area contributed by atoms with E-state index in [0.29, 0.717) is 9.86 Å². The van der Waals surface area contributed by atoms with Gasteiger partial charge in [0.25, 0.3) is 0 Å². The molecule has 0 aliphatic rings. The lowest BCUT2D eigenvalue weighted by Crippen LogP contribution is -2.26. The fourth-order valence-electron chi connectivity index (χ4n) is 1.64. The van der Waals surface area contributed by atoms with Crippen LogP contribution in [0.3, 0.4) is 0 Å². The van der Waals surface area contributed by atoms with Gasteiger partial charge in [0, 0.05) is 22.1 Å². The van der Waals surface area contributed by atoms with E-state index in [-0.39, 0.29) is 5.52 Å². The average molecular weight is 332 g/mol. The Balaban J connectivity index is 2.56. The molecule has 2 aromatic rings. The first-order chi connectivity index (χ1) is 8.69. The zero-order valence-electron chi connectivity index (χ0n) is 10.6. The molecule has 1 aromatic carbocycles. The van der Waals surface area contributed by atoms with E-state index in [4.69, 9.17) is 4.74 Å². The fourth-order valence-corrected chi connectivity index (χ4v) is 2.16. The van der Waals surface area contributed by atoms with Crippen LogP contribution >= 0.6 is 15.9 Å². The predicted molar refractivity (Wildman–Crippen MR) is 71.2 cm³/mol. The molecule has 0 amide bonds. The highest BCUT2D eigenvalue weighted by Gasteiger charge is 2.21. The van der Waals surface area contributed by atoms with Gasteiger partial charge in [-0.1, -0.05) is 0 Å². The Labute approximate surface area is 117 Å². The molecule has 0 bridgehead atoms. The average Bonchev–Trinajstić information content (AvgIpc) is 2.55. The summed E-state index contributed by atoms with van der Waals surface area (Å²) < 4.78 is 33.3. The highest BCUT2D eigenvalue weighted by molar-refractivity contribution is 9.10. The van der Waals surface area contributed by atoms with Crippen molar-refractivity contribution in [2.24, 2.45) is 0 Å². The van der Waals surface area contributed by atoms with Crippen LogP contribution in [0.2, 0.25) is 0 Å². The number of fused-ring (bicyclic) bond motifs is 1. The summed E-state index contributed by atoms with van der Waals surface area (Å²) in [6.07, 6.45) is 0.784. The molecule has 0 aliphatic heterocycles. The van der Waals surface area contributed by atoms with Gasteiger partial charge in [-0.05, 0) is 42.8 Å². The molecule has 1 aromatic heterocycles. The number of aromatic nitrogens is 1. The molecule has 19 heavy (non-hydrogen) atoms. The van der Waals surface area contributed by atoms with Gasteiger partial charge in [-0.25, -0.2) is 13.6 Å². The lowest BCUT2D eigenvalue weighted by molar-refractivity contribution is 0.0544. The summed E-state index contributed by atoms with van der Waals surface area (Å²) in [4.78, 5) is 12.0. The number of carbonyl (C=O) groups is 1. The Bertz CT molecular complexity index is 659. The van der Waals surface area contributed by atoms with Crippen molar-refractivity contribution in [1.82, 2.24) is 4.57 Å². The number of benzene rings is 1. The van der Waals surface area contributed by atoms with E-state index in [1.165, 1.54) is 6.20 Å². The summed E-state index contributed by atoms with van der Waals surface area (Å²) in [6.45, 7) is 5.18. The molecule has 0 saturated heterocycles. The van der Waals surface area contributed by atoms with Gasteiger partial charge in [-0.15, -0.1) is 0 Å². The number of nitrogens with zero attached hydrogens (tertiary/aromatic N) is 1. The molecular formula is C13H12BrF2NO2. The van der Waals surface area contributed by atoms with E-state index >= 15 is 0 Å². The Morgan fingerprint density at radius 2 is 1.84 bits per heavy atom. The molecule has 0 N–H and O–H groups in total. The molecule has 6 heteroatoms. The molecule has 0 fully saturated rings. The first kappa shape index (κ1) is 14.0. The van der Waals surface area contributed by atoms with Crippen LogP contribution in [0.4, 0.5) is 13.6 Å². The lowest BCUT2D eigenvalue weighted by atomic mass is 10.2. The van der Waals surface area contributed by atoms with Crippen molar-refractivity contribution in [3.63, 3.8) is 0 Å². The minimum Gasteiger partial charge on any atom is -0.443 e. The van der Waals surface area contributed by atoms with Crippen LogP contribution in [-0.4, -0.2) is 16.3 Å². The number of ether oxygens (including phenoxy) is 1. The van der Waals surface area contributed by atoms with Crippen molar-refractivity contribution in [3.8, 4) is 0 Å². The fraction of sp³-hybridized carbons (Fsp3) is 0.308. The second-order valence-corrected chi connectivity index (χ2v) is 5.97. The number of hydrogen-bond acceptors (Lipinski definition) is 2. The summed E-state index contributed by atoms with van der Waals surface area (Å²) in [6, 6.07) is 2.01. The van der Waals surface area contributed by atoms with Crippen LogP contribution in [0, 0.1) is 11.6 Å². The third kappa shape index (κ3) is 2.78. The normalized spacial score (nSPS) is 11.9. The van der Waals surface area contributed by atoms with E-state index < -0.39 is 23.3 Å². The molecule has 0 aliphatic carbocycles.